The molecule has 4 heterocycles. The summed E-state index contributed by atoms with van der Waals surface area (Å²) in [5, 5.41) is 7.32. The van der Waals surface area contributed by atoms with Gasteiger partial charge in [0.05, 0.1) is 12.0 Å². The maximum absolute atomic E-state index is 8.98. The second kappa shape index (κ2) is 16.6. The SMILES string of the molecule is CC(C)(C)c1ccc(-c2[c-]cc3sc(C(C)(C)C)nc3c2)nc1.[2H]c1cc(C(C)(C)C)cc(C([2H])([2H])[2H])c1-c1cc(-c2[c-]ccc3c2oc2cc4c(ccc5ccccc54)cc23)ncc1C([2H])([2H])[2H].[Ir]. The molecule has 1 radical (unpaired) electrons. The molecule has 0 aliphatic carbocycles. The van der Waals surface area contributed by atoms with Gasteiger partial charge in [-0.1, -0.05) is 146 Å². The van der Waals surface area contributed by atoms with Gasteiger partial charge in [0.15, 0.2) is 0 Å². The van der Waals surface area contributed by atoms with E-state index in [-0.39, 0.29) is 59.2 Å². The number of fused-ring (bicyclic) bond motifs is 7. The minimum absolute atomic E-state index is 0. The van der Waals surface area contributed by atoms with Crippen LogP contribution in [-0.4, -0.2) is 15.0 Å². The molecule has 6 aromatic carbocycles. The minimum atomic E-state index is -2.61. The molecule has 0 aliphatic rings. The van der Waals surface area contributed by atoms with Gasteiger partial charge >= 0.3 is 0 Å². The van der Waals surface area contributed by atoms with E-state index in [0.717, 1.165) is 54.1 Å². The Bertz CT molecular complexity index is 3610. The van der Waals surface area contributed by atoms with Crippen molar-refractivity contribution >= 4 is 65.0 Å². The van der Waals surface area contributed by atoms with Crippen LogP contribution >= 0.6 is 11.3 Å². The summed E-state index contributed by atoms with van der Waals surface area (Å²) < 4.78 is 66.5. The van der Waals surface area contributed by atoms with Crippen molar-refractivity contribution in [2.45, 2.75) is 92.3 Å². The minimum Gasteiger partial charge on any atom is -0.501 e. The molecule has 0 spiro atoms. The van der Waals surface area contributed by atoms with Crippen LogP contribution in [0.25, 0.3) is 87.3 Å². The van der Waals surface area contributed by atoms with E-state index in [2.05, 4.69) is 112 Å². The molecule has 6 heteroatoms. The van der Waals surface area contributed by atoms with E-state index in [9.17, 15) is 0 Å². The van der Waals surface area contributed by atoms with Crippen molar-refractivity contribution in [3.05, 3.63) is 161 Å². The van der Waals surface area contributed by atoms with Crippen LogP contribution in [0.3, 0.4) is 0 Å². The Hall–Kier alpha value is -5.52. The number of benzene rings is 6. The van der Waals surface area contributed by atoms with Gasteiger partial charge in [-0.2, -0.15) is 11.3 Å². The molecule has 0 saturated carbocycles. The fourth-order valence-electron chi connectivity index (χ4n) is 7.72. The predicted octanol–water partition coefficient (Wildman–Crippen LogP) is 16.1. The van der Waals surface area contributed by atoms with Crippen LogP contribution in [0.15, 0.2) is 126 Å². The first-order valence-corrected chi connectivity index (χ1v) is 21.7. The van der Waals surface area contributed by atoms with E-state index in [1.54, 1.807) is 35.6 Å². The molecule has 0 aliphatic heterocycles. The fourth-order valence-corrected chi connectivity index (χ4v) is 8.71. The standard InChI is InChI=1S/C37H30NO.C20H23N2S.Ir/c1-22-17-26(37(3,4)5)15-16-27(22)31-19-34(38-21-23(31)2)30-12-8-11-29-33-18-25-14-13-24-9-6-7-10-28(24)32(25)20-35(33)39-36(29)30;1-19(2,3)14-8-9-15(21-12-14)13-7-10-17-16(11-13)22-18(23-17)20(4,5)6;/h6-11,13-21H,1-5H3;8-12H,1-6H3;/q2*-1;/i1D3,2D3,16D;;. The molecule has 319 valence electrons. The number of hydrogen-bond donors (Lipinski definition) is 0. The second-order valence-electron chi connectivity index (χ2n) is 19.1. The van der Waals surface area contributed by atoms with Gasteiger partial charge in [-0.3, -0.25) is 4.98 Å². The molecule has 0 bridgehead atoms. The maximum atomic E-state index is 8.98. The summed E-state index contributed by atoms with van der Waals surface area (Å²) in [6.07, 6.45) is 3.23. The smallest absolute Gasteiger partial charge is 0.121 e. The van der Waals surface area contributed by atoms with Crippen molar-refractivity contribution in [2.24, 2.45) is 0 Å². The van der Waals surface area contributed by atoms with Gasteiger partial charge in [0.2, 0.25) is 0 Å². The summed E-state index contributed by atoms with van der Waals surface area (Å²) in [7, 11) is 0. The van der Waals surface area contributed by atoms with Gasteiger partial charge in [0, 0.05) is 51.5 Å². The number of nitrogens with zero attached hydrogens (tertiary/aromatic N) is 3. The first-order valence-electron chi connectivity index (χ1n) is 24.4. The largest absolute Gasteiger partial charge is 0.501 e. The van der Waals surface area contributed by atoms with Gasteiger partial charge < -0.3 is 14.4 Å². The predicted molar refractivity (Wildman–Crippen MR) is 263 cm³/mol. The quantitative estimate of drug-likeness (QED) is 0.131. The Labute approximate surface area is 399 Å². The molecule has 0 atom stereocenters. The van der Waals surface area contributed by atoms with Crippen molar-refractivity contribution in [3.8, 4) is 33.6 Å². The molecular formula is C57H53IrN3OS-2. The summed E-state index contributed by atoms with van der Waals surface area (Å²) in [5.41, 5.74) is 6.75. The monoisotopic (exact) mass is 1030 g/mol. The average Bonchev–Trinajstić information content (AvgIpc) is 3.89. The van der Waals surface area contributed by atoms with Crippen molar-refractivity contribution in [3.63, 3.8) is 0 Å². The number of rotatable bonds is 3. The van der Waals surface area contributed by atoms with Crippen molar-refractivity contribution in [2.75, 3.05) is 0 Å². The molecule has 4 nitrogen and oxygen atoms in total. The topological polar surface area (TPSA) is 51.8 Å². The molecular weight excluding hydrogens is 967 g/mol. The summed E-state index contributed by atoms with van der Waals surface area (Å²) in [6, 6.07) is 39.9. The van der Waals surface area contributed by atoms with Crippen molar-refractivity contribution in [1.82, 2.24) is 15.0 Å². The summed E-state index contributed by atoms with van der Waals surface area (Å²) >= 11 is 1.75. The first-order chi connectivity index (χ1) is 32.3. The van der Waals surface area contributed by atoms with E-state index in [0.29, 0.717) is 28.0 Å². The molecule has 10 aromatic rings. The van der Waals surface area contributed by atoms with E-state index >= 15 is 0 Å². The zero-order valence-corrected chi connectivity index (χ0v) is 40.2. The Balaban J connectivity index is 0.000000231. The van der Waals surface area contributed by atoms with Gasteiger partial charge in [0.1, 0.15) is 5.58 Å². The third-order valence-electron chi connectivity index (χ3n) is 11.4. The number of aryl methyl sites for hydroxylation is 2. The summed E-state index contributed by atoms with van der Waals surface area (Å²) in [5.74, 6) is 0. The number of pyridine rings is 2. The van der Waals surface area contributed by atoms with Gasteiger partial charge in [0.25, 0.3) is 0 Å². The van der Waals surface area contributed by atoms with Gasteiger partial charge in [-0.05, 0) is 113 Å². The summed E-state index contributed by atoms with van der Waals surface area (Å²) in [6.45, 7) is 13.8. The molecule has 0 N–H and O–H groups in total. The van der Waals surface area contributed by atoms with Crippen LogP contribution in [0.2, 0.25) is 0 Å². The Morgan fingerprint density at radius 2 is 1.40 bits per heavy atom. The van der Waals surface area contributed by atoms with Crippen LogP contribution in [0.5, 0.6) is 0 Å². The van der Waals surface area contributed by atoms with Gasteiger partial charge in [-0.25, -0.2) is 0 Å². The molecule has 10 rings (SSSR count). The maximum Gasteiger partial charge on any atom is 0.121 e. The third kappa shape index (κ3) is 8.62. The van der Waals surface area contributed by atoms with E-state index in [4.69, 9.17) is 19.0 Å². The van der Waals surface area contributed by atoms with Crippen LogP contribution in [0, 0.1) is 25.8 Å². The molecule has 0 fully saturated rings. The Morgan fingerprint density at radius 1 is 0.635 bits per heavy atom. The van der Waals surface area contributed by atoms with Crippen LogP contribution in [0.4, 0.5) is 0 Å². The zero-order valence-electron chi connectivity index (χ0n) is 44.0. The van der Waals surface area contributed by atoms with Crippen molar-refractivity contribution in [1.29, 1.82) is 0 Å². The summed E-state index contributed by atoms with van der Waals surface area (Å²) in [4.78, 5) is 14.0. The molecule has 0 unspecified atom stereocenters. The normalized spacial score (nSPS) is 14.3. The van der Waals surface area contributed by atoms with E-state index in [1.165, 1.54) is 16.5 Å². The molecule has 0 amide bonds. The van der Waals surface area contributed by atoms with Crippen LogP contribution < -0.4 is 0 Å². The molecule has 0 saturated heterocycles. The number of furan rings is 1. The number of aromatic nitrogens is 3. The van der Waals surface area contributed by atoms with E-state index in [1.807, 2.05) is 57.3 Å². The number of hydrogen-bond acceptors (Lipinski definition) is 5. The molecule has 63 heavy (non-hydrogen) atoms. The first kappa shape index (κ1) is 35.9. The zero-order chi connectivity index (χ0) is 49.6. The van der Waals surface area contributed by atoms with Crippen LogP contribution in [0.1, 0.15) is 99.2 Å². The second-order valence-corrected chi connectivity index (χ2v) is 20.2. The van der Waals surface area contributed by atoms with Crippen LogP contribution in [-0.2, 0) is 36.4 Å². The Kier molecular flexibility index (Phi) is 9.43. The van der Waals surface area contributed by atoms with Gasteiger partial charge in [-0.15, -0.1) is 42.0 Å². The fraction of sp³-hybridized carbons (Fsp3) is 0.246. The third-order valence-corrected chi connectivity index (χ3v) is 12.8. The van der Waals surface area contributed by atoms with Crippen molar-refractivity contribution < 1.29 is 34.1 Å². The Morgan fingerprint density at radius 3 is 2.13 bits per heavy atom. The average molecular weight is 1030 g/mol. The molecule has 4 aromatic heterocycles. The number of thiazole rings is 1. The van der Waals surface area contributed by atoms with E-state index < -0.39 is 19.1 Å².